The van der Waals surface area contributed by atoms with Crippen LogP contribution in [0.3, 0.4) is 0 Å². The lowest BCUT2D eigenvalue weighted by Gasteiger charge is -2.13. The number of anilines is 1. The van der Waals surface area contributed by atoms with Crippen LogP contribution in [0.2, 0.25) is 0 Å². The first-order chi connectivity index (χ1) is 15.6. The molecular formula is C25H24N4O2S. The molecule has 0 aliphatic rings. The number of rotatable bonds is 7. The van der Waals surface area contributed by atoms with Gasteiger partial charge in [-0.3, -0.25) is 9.36 Å². The van der Waals surface area contributed by atoms with Crippen LogP contribution in [0.1, 0.15) is 11.1 Å². The van der Waals surface area contributed by atoms with Gasteiger partial charge in [-0.25, -0.2) is 0 Å². The van der Waals surface area contributed by atoms with Crippen molar-refractivity contribution in [3.05, 3.63) is 83.9 Å². The highest BCUT2D eigenvalue weighted by Crippen LogP contribution is 2.33. The SMILES string of the molecule is COc1ccccc1-c1nnc(SCC(=O)Nc2cccc(C)c2C)n1-c1ccccc1. The molecule has 0 aliphatic carbocycles. The second-order valence-corrected chi connectivity index (χ2v) is 8.20. The van der Waals surface area contributed by atoms with Gasteiger partial charge in [-0.15, -0.1) is 10.2 Å². The Morgan fingerprint density at radius 3 is 2.50 bits per heavy atom. The maximum atomic E-state index is 12.7. The van der Waals surface area contributed by atoms with E-state index in [0.29, 0.717) is 16.7 Å². The Bertz CT molecular complexity index is 1240. The molecule has 3 aromatic carbocycles. The summed E-state index contributed by atoms with van der Waals surface area (Å²) < 4.78 is 7.49. The summed E-state index contributed by atoms with van der Waals surface area (Å²) in [5, 5.41) is 12.5. The van der Waals surface area contributed by atoms with Crippen LogP contribution < -0.4 is 10.1 Å². The third-order valence-electron chi connectivity index (χ3n) is 5.21. The van der Waals surface area contributed by atoms with E-state index in [4.69, 9.17) is 4.74 Å². The summed E-state index contributed by atoms with van der Waals surface area (Å²) in [4.78, 5) is 12.7. The van der Waals surface area contributed by atoms with Gasteiger partial charge >= 0.3 is 0 Å². The lowest BCUT2D eigenvalue weighted by Crippen LogP contribution is -2.15. The fourth-order valence-electron chi connectivity index (χ4n) is 3.38. The smallest absolute Gasteiger partial charge is 0.234 e. The number of aromatic nitrogens is 3. The second kappa shape index (κ2) is 9.70. The van der Waals surface area contributed by atoms with Gasteiger partial charge in [0.25, 0.3) is 0 Å². The van der Waals surface area contributed by atoms with E-state index in [1.165, 1.54) is 11.8 Å². The zero-order valence-corrected chi connectivity index (χ0v) is 19.0. The van der Waals surface area contributed by atoms with Gasteiger partial charge in [0.15, 0.2) is 11.0 Å². The molecular weight excluding hydrogens is 420 g/mol. The van der Waals surface area contributed by atoms with E-state index in [2.05, 4.69) is 15.5 Å². The minimum Gasteiger partial charge on any atom is -0.496 e. The maximum Gasteiger partial charge on any atom is 0.234 e. The van der Waals surface area contributed by atoms with Crippen LogP contribution in [0, 0.1) is 13.8 Å². The number of hydrogen-bond donors (Lipinski definition) is 1. The predicted octanol–water partition coefficient (Wildman–Crippen LogP) is 5.29. The van der Waals surface area contributed by atoms with Gasteiger partial charge < -0.3 is 10.1 Å². The van der Waals surface area contributed by atoms with Crippen LogP contribution in [0.15, 0.2) is 78.0 Å². The van der Waals surface area contributed by atoms with Crippen molar-refractivity contribution in [3.8, 4) is 22.8 Å². The lowest BCUT2D eigenvalue weighted by molar-refractivity contribution is -0.113. The summed E-state index contributed by atoms with van der Waals surface area (Å²) in [5.74, 6) is 1.49. The number of ether oxygens (including phenoxy) is 1. The number of methoxy groups -OCH3 is 1. The fourth-order valence-corrected chi connectivity index (χ4v) is 4.13. The van der Waals surface area contributed by atoms with Gasteiger partial charge in [0, 0.05) is 11.4 Å². The molecule has 0 saturated carbocycles. The normalized spacial score (nSPS) is 10.7. The van der Waals surface area contributed by atoms with Gasteiger partial charge in [-0.05, 0) is 55.3 Å². The molecule has 0 fully saturated rings. The Labute approximate surface area is 191 Å². The van der Waals surface area contributed by atoms with Crippen molar-refractivity contribution < 1.29 is 9.53 Å². The van der Waals surface area contributed by atoms with E-state index < -0.39 is 0 Å². The van der Waals surface area contributed by atoms with Crippen molar-refractivity contribution in [2.45, 2.75) is 19.0 Å². The Hall–Kier alpha value is -3.58. The minimum atomic E-state index is -0.0925. The number of nitrogens with zero attached hydrogens (tertiary/aromatic N) is 3. The van der Waals surface area contributed by atoms with E-state index in [9.17, 15) is 4.79 Å². The van der Waals surface area contributed by atoms with Gasteiger partial charge in [-0.1, -0.05) is 54.2 Å². The van der Waals surface area contributed by atoms with E-state index >= 15 is 0 Å². The molecule has 1 aromatic heterocycles. The van der Waals surface area contributed by atoms with Crippen molar-refractivity contribution in [1.82, 2.24) is 14.8 Å². The number of aryl methyl sites for hydroxylation is 1. The monoisotopic (exact) mass is 444 g/mol. The quantitative estimate of drug-likeness (QED) is 0.392. The predicted molar refractivity (Wildman–Crippen MR) is 129 cm³/mol. The molecule has 0 spiro atoms. The van der Waals surface area contributed by atoms with Crippen LogP contribution in [-0.4, -0.2) is 33.5 Å². The van der Waals surface area contributed by atoms with Crippen LogP contribution in [0.4, 0.5) is 5.69 Å². The van der Waals surface area contributed by atoms with Gasteiger partial charge in [0.2, 0.25) is 5.91 Å². The average molecular weight is 445 g/mol. The molecule has 4 aromatic rings. The zero-order valence-electron chi connectivity index (χ0n) is 18.2. The summed E-state index contributed by atoms with van der Waals surface area (Å²) in [6.07, 6.45) is 0. The molecule has 6 nitrogen and oxygen atoms in total. The second-order valence-electron chi connectivity index (χ2n) is 7.26. The van der Waals surface area contributed by atoms with Crippen LogP contribution in [-0.2, 0) is 4.79 Å². The molecule has 1 N–H and O–H groups in total. The molecule has 0 aliphatic heterocycles. The largest absolute Gasteiger partial charge is 0.496 e. The Kier molecular flexibility index (Phi) is 6.56. The average Bonchev–Trinajstić information content (AvgIpc) is 3.25. The van der Waals surface area contributed by atoms with Crippen molar-refractivity contribution in [2.24, 2.45) is 0 Å². The van der Waals surface area contributed by atoms with Crippen molar-refractivity contribution >= 4 is 23.4 Å². The van der Waals surface area contributed by atoms with E-state index in [1.807, 2.05) is 91.2 Å². The number of hydrogen-bond acceptors (Lipinski definition) is 5. The Morgan fingerprint density at radius 2 is 1.72 bits per heavy atom. The zero-order chi connectivity index (χ0) is 22.5. The standard InChI is InChI=1S/C25H24N4O2S/c1-17-10-9-14-21(18(17)2)26-23(30)16-32-25-28-27-24(20-13-7-8-15-22(20)31-3)29(25)19-11-5-4-6-12-19/h4-15H,16H2,1-3H3,(H,26,30). The molecule has 7 heteroatoms. The van der Waals surface area contributed by atoms with Gasteiger partial charge in [-0.2, -0.15) is 0 Å². The number of amides is 1. The molecule has 0 bridgehead atoms. The lowest BCUT2D eigenvalue weighted by atomic mass is 10.1. The first-order valence-corrected chi connectivity index (χ1v) is 11.2. The van der Waals surface area contributed by atoms with E-state index in [-0.39, 0.29) is 11.7 Å². The summed E-state index contributed by atoms with van der Waals surface area (Å²) >= 11 is 1.34. The highest BCUT2D eigenvalue weighted by atomic mass is 32.2. The molecule has 0 unspecified atom stereocenters. The number of benzene rings is 3. The summed E-state index contributed by atoms with van der Waals surface area (Å²) in [6.45, 7) is 4.03. The molecule has 162 valence electrons. The number of carbonyl (C=O) groups excluding carboxylic acids is 1. The molecule has 0 atom stereocenters. The maximum absolute atomic E-state index is 12.7. The van der Waals surface area contributed by atoms with Crippen molar-refractivity contribution in [2.75, 3.05) is 18.2 Å². The molecule has 0 radical (unpaired) electrons. The minimum absolute atomic E-state index is 0.0925. The van der Waals surface area contributed by atoms with Crippen molar-refractivity contribution in [3.63, 3.8) is 0 Å². The topological polar surface area (TPSA) is 69.0 Å². The van der Waals surface area contributed by atoms with Crippen LogP contribution >= 0.6 is 11.8 Å². The third kappa shape index (κ3) is 4.53. The first-order valence-electron chi connectivity index (χ1n) is 10.2. The molecule has 4 rings (SSSR count). The Balaban J connectivity index is 1.62. The van der Waals surface area contributed by atoms with Crippen LogP contribution in [0.25, 0.3) is 17.1 Å². The van der Waals surface area contributed by atoms with Crippen molar-refractivity contribution in [1.29, 1.82) is 0 Å². The van der Waals surface area contributed by atoms with Gasteiger partial charge in [0.05, 0.1) is 18.4 Å². The summed E-state index contributed by atoms with van der Waals surface area (Å²) in [6, 6.07) is 23.4. The Morgan fingerprint density at radius 1 is 0.969 bits per heavy atom. The molecule has 32 heavy (non-hydrogen) atoms. The number of nitrogens with one attached hydrogen (secondary N) is 1. The number of thioether (sulfide) groups is 1. The number of carbonyl (C=O) groups is 1. The van der Waals surface area contributed by atoms with E-state index in [1.54, 1.807) is 7.11 Å². The summed E-state index contributed by atoms with van der Waals surface area (Å²) in [5.41, 5.74) is 4.78. The first kappa shape index (κ1) is 21.6. The fraction of sp³-hybridized carbons (Fsp3) is 0.160. The number of para-hydroxylation sites is 2. The van der Waals surface area contributed by atoms with Gasteiger partial charge in [0.1, 0.15) is 5.75 Å². The summed E-state index contributed by atoms with van der Waals surface area (Å²) in [7, 11) is 1.63. The van der Waals surface area contributed by atoms with Crippen LogP contribution in [0.5, 0.6) is 5.75 Å². The van der Waals surface area contributed by atoms with E-state index in [0.717, 1.165) is 28.1 Å². The highest BCUT2D eigenvalue weighted by Gasteiger charge is 2.19. The highest BCUT2D eigenvalue weighted by molar-refractivity contribution is 7.99. The third-order valence-corrected chi connectivity index (χ3v) is 6.14. The molecule has 1 amide bonds. The molecule has 0 saturated heterocycles. The molecule has 1 heterocycles.